The molecule has 2 rings (SSSR count). The molecule has 1 N–H and O–H groups in total. The van der Waals surface area contributed by atoms with Crippen LogP contribution in [-0.4, -0.2) is 6.54 Å². The van der Waals surface area contributed by atoms with Crippen molar-refractivity contribution in [1.29, 1.82) is 0 Å². The molecule has 102 valence electrons. The second-order valence-corrected chi connectivity index (χ2v) is 8.44. The molecule has 2 aromatic rings. The molecule has 19 heavy (non-hydrogen) atoms. The quantitative estimate of drug-likeness (QED) is 0.642. The normalized spacial score (nSPS) is 12.7. The lowest BCUT2D eigenvalue weighted by Gasteiger charge is -2.19. The molecule has 0 saturated carbocycles. The molecule has 0 saturated heterocycles. The summed E-state index contributed by atoms with van der Waals surface area (Å²) < 4.78 is 2.28. The van der Waals surface area contributed by atoms with Crippen LogP contribution >= 0.6 is 54.8 Å². The van der Waals surface area contributed by atoms with E-state index in [4.69, 9.17) is 11.6 Å². The van der Waals surface area contributed by atoms with Gasteiger partial charge in [0.1, 0.15) is 0 Å². The molecule has 1 aromatic carbocycles. The van der Waals surface area contributed by atoms with E-state index in [2.05, 4.69) is 62.3 Å². The van der Waals surface area contributed by atoms with Gasteiger partial charge in [-0.2, -0.15) is 0 Å². The maximum absolute atomic E-state index is 6.11. The second kappa shape index (κ2) is 6.72. The van der Waals surface area contributed by atoms with Crippen LogP contribution in [0, 0.1) is 6.92 Å². The molecule has 1 atom stereocenters. The van der Waals surface area contributed by atoms with Crippen LogP contribution in [0.5, 0.6) is 0 Å². The van der Waals surface area contributed by atoms with E-state index >= 15 is 0 Å². The van der Waals surface area contributed by atoms with E-state index in [-0.39, 0.29) is 6.04 Å². The molecule has 0 aliphatic carbocycles. The molecular formula is C14H14Br2ClNS. The molecule has 1 heterocycles. The topological polar surface area (TPSA) is 12.0 Å². The van der Waals surface area contributed by atoms with Crippen LogP contribution in [0.4, 0.5) is 0 Å². The van der Waals surface area contributed by atoms with E-state index in [0.717, 1.165) is 24.7 Å². The van der Waals surface area contributed by atoms with Crippen molar-refractivity contribution in [1.82, 2.24) is 5.32 Å². The zero-order chi connectivity index (χ0) is 14.0. The van der Waals surface area contributed by atoms with Crippen LogP contribution in [0.1, 0.15) is 29.7 Å². The van der Waals surface area contributed by atoms with Gasteiger partial charge in [-0.15, -0.1) is 11.3 Å². The van der Waals surface area contributed by atoms with Crippen LogP contribution in [0.2, 0.25) is 5.02 Å². The first-order chi connectivity index (χ1) is 9.02. The minimum absolute atomic E-state index is 0.179. The molecule has 1 nitrogen and oxygen atoms in total. The monoisotopic (exact) mass is 421 g/mol. The molecule has 0 aliphatic heterocycles. The minimum Gasteiger partial charge on any atom is -0.306 e. The van der Waals surface area contributed by atoms with Gasteiger partial charge in [0.25, 0.3) is 0 Å². The number of hydrogen-bond acceptors (Lipinski definition) is 2. The van der Waals surface area contributed by atoms with Crippen LogP contribution < -0.4 is 5.32 Å². The van der Waals surface area contributed by atoms with Gasteiger partial charge in [-0.05, 0) is 74.2 Å². The maximum Gasteiger partial charge on any atom is 0.0761 e. The van der Waals surface area contributed by atoms with Gasteiger partial charge in [-0.3, -0.25) is 0 Å². The van der Waals surface area contributed by atoms with Crippen LogP contribution in [-0.2, 0) is 0 Å². The average Bonchev–Trinajstić information content (AvgIpc) is 2.69. The Balaban J connectivity index is 2.44. The van der Waals surface area contributed by atoms with E-state index in [9.17, 15) is 0 Å². The highest BCUT2D eigenvalue weighted by molar-refractivity contribution is 9.12. The zero-order valence-corrected chi connectivity index (χ0v) is 15.4. The Labute approximate surface area is 139 Å². The van der Waals surface area contributed by atoms with Crippen molar-refractivity contribution in [2.45, 2.75) is 19.9 Å². The Bertz CT molecular complexity index is 583. The summed E-state index contributed by atoms with van der Waals surface area (Å²) in [6, 6.07) is 8.53. The second-order valence-electron chi connectivity index (χ2n) is 4.28. The Morgan fingerprint density at radius 2 is 2.05 bits per heavy atom. The van der Waals surface area contributed by atoms with Gasteiger partial charge < -0.3 is 5.32 Å². The Kier molecular flexibility index (Phi) is 5.49. The van der Waals surface area contributed by atoms with E-state index in [1.165, 1.54) is 11.1 Å². The first-order valence-electron chi connectivity index (χ1n) is 5.97. The van der Waals surface area contributed by atoms with Crippen molar-refractivity contribution in [3.63, 3.8) is 0 Å². The largest absolute Gasteiger partial charge is 0.306 e. The van der Waals surface area contributed by atoms with Gasteiger partial charge >= 0.3 is 0 Å². The molecule has 0 amide bonds. The fraction of sp³-hybridized carbons (Fsp3) is 0.286. The van der Waals surface area contributed by atoms with Crippen molar-refractivity contribution >= 4 is 54.8 Å². The number of rotatable bonds is 4. The van der Waals surface area contributed by atoms with E-state index in [1.54, 1.807) is 11.3 Å². The highest BCUT2D eigenvalue weighted by Gasteiger charge is 2.18. The van der Waals surface area contributed by atoms with Crippen molar-refractivity contribution in [2.24, 2.45) is 0 Å². The maximum atomic E-state index is 6.11. The minimum atomic E-state index is 0.179. The lowest BCUT2D eigenvalue weighted by molar-refractivity contribution is 0.630. The molecule has 5 heteroatoms. The smallest absolute Gasteiger partial charge is 0.0761 e. The number of hydrogen-bond donors (Lipinski definition) is 1. The van der Waals surface area contributed by atoms with E-state index in [1.807, 2.05) is 13.0 Å². The Morgan fingerprint density at radius 3 is 2.58 bits per heavy atom. The predicted molar refractivity (Wildman–Crippen MR) is 91.4 cm³/mol. The molecule has 1 unspecified atom stereocenters. The Hall–Kier alpha value is 0.130. The average molecular weight is 424 g/mol. The standard InChI is InChI=1S/C14H14Br2ClNS/c1-3-18-13(10-7-12(15)19-14(10)16)9-4-5-11(17)8(2)6-9/h4-7,13,18H,3H2,1-2H3. The third-order valence-electron chi connectivity index (χ3n) is 2.92. The van der Waals surface area contributed by atoms with Gasteiger partial charge in [0.15, 0.2) is 0 Å². The lowest BCUT2D eigenvalue weighted by atomic mass is 9.99. The lowest BCUT2D eigenvalue weighted by Crippen LogP contribution is -2.21. The van der Waals surface area contributed by atoms with Gasteiger partial charge in [-0.1, -0.05) is 30.7 Å². The summed E-state index contributed by atoms with van der Waals surface area (Å²) in [5.74, 6) is 0. The third-order valence-corrected chi connectivity index (χ3v) is 5.73. The van der Waals surface area contributed by atoms with Crippen molar-refractivity contribution < 1.29 is 0 Å². The SMILES string of the molecule is CCNC(c1ccc(Cl)c(C)c1)c1cc(Br)sc1Br. The summed E-state index contributed by atoms with van der Waals surface area (Å²) in [7, 11) is 0. The summed E-state index contributed by atoms with van der Waals surface area (Å²) in [5.41, 5.74) is 3.59. The van der Waals surface area contributed by atoms with Gasteiger partial charge in [0, 0.05) is 5.02 Å². The summed E-state index contributed by atoms with van der Waals surface area (Å²) in [6.45, 7) is 5.06. The number of aryl methyl sites for hydroxylation is 1. The molecule has 0 radical (unpaired) electrons. The number of thiophene rings is 1. The first-order valence-corrected chi connectivity index (χ1v) is 8.75. The summed E-state index contributed by atoms with van der Waals surface area (Å²) in [4.78, 5) is 0. The van der Waals surface area contributed by atoms with E-state index in [0.29, 0.717) is 0 Å². The highest BCUT2D eigenvalue weighted by atomic mass is 79.9. The number of nitrogens with one attached hydrogen (secondary N) is 1. The Morgan fingerprint density at radius 1 is 1.32 bits per heavy atom. The van der Waals surface area contributed by atoms with Crippen molar-refractivity contribution in [2.75, 3.05) is 6.54 Å². The van der Waals surface area contributed by atoms with Crippen molar-refractivity contribution in [3.8, 4) is 0 Å². The van der Waals surface area contributed by atoms with Gasteiger partial charge in [0.2, 0.25) is 0 Å². The van der Waals surface area contributed by atoms with Crippen LogP contribution in [0.25, 0.3) is 0 Å². The van der Waals surface area contributed by atoms with Gasteiger partial charge in [0.05, 0.1) is 13.6 Å². The fourth-order valence-electron chi connectivity index (χ4n) is 2.01. The highest BCUT2D eigenvalue weighted by Crippen LogP contribution is 2.38. The molecule has 0 fully saturated rings. The summed E-state index contributed by atoms with van der Waals surface area (Å²) >= 11 is 15.0. The van der Waals surface area contributed by atoms with Crippen LogP contribution in [0.15, 0.2) is 31.8 Å². The van der Waals surface area contributed by atoms with Crippen LogP contribution in [0.3, 0.4) is 0 Å². The molecule has 1 aromatic heterocycles. The fourth-order valence-corrected chi connectivity index (χ4v) is 5.03. The van der Waals surface area contributed by atoms with E-state index < -0.39 is 0 Å². The predicted octanol–water partition coefficient (Wildman–Crippen LogP) is 5.93. The molecule has 0 aliphatic rings. The summed E-state index contributed by atoms with van der Waals surface area (Å²) in [5, 5.41) is 4.34. The summed E-state index contributed by atoms with van der Waals surface area (Å²) in [6.07, 6.45) is 0. The number of benzene rings is 1. The molecule has 0 bridgehead atoms. The third kappa shape index (κ3) is 3.61. The first kappa shape index (κ1) is 15.5. The van der Waals surface area contributed by atoms with Crippen molar-refractivity contribution in [3.05, 3.63) is 53.6 Å². The van der Waals surface area contributed by atoms with Gasteiger partial charge in [-0.25, -0.2) is 0 Å². The zero-order valence-electron chi connectivity index (χ0n) is 10.6. The molecule has 0 spiro atoms. The number of halogens is 3. The molecular weight excluding hydrogens is 409 g/mol.